The maximum atomic E-state index is 12.6. The molecule has 5 rings (SSSR count). The third kappa shape index (κ3) is 3.97. The van der Waals surface area contributed by atoms with Gasteiger partial charge in [-0.1, -0.05) is 12.8 Å². The molecule has 4 fully saturated rings. The van der Waals surface area contributed by atoms with Gasteiger partial charge >= 0.3 is 0 Å². The standard InChI is InChI=1S/C23H33N3O2S/c27-20(17-3-1-4-17)26-19(22-24-11-12-29-22)16-7-5-15(6-8-16)14-25-21(28)18-13-23(18)9-2-10-23/h11-12,15-19H,1-10,13-14H2,(H,25,28)(H,26,27)/t15?,16?,18-,19-/m0/s1. The SMILES string of the molecule is O=C(N[C@H](c1nccs1)C1CCC(CNC(=O)[C@@H]2CC23CCC3)CC1)C1CCC1. The van der Waals surface area contributed by atoms with Gasteiger partial charge in [0.05, 0.1) is 6.04 Å². The number of hydrogen-bond donors (Lipinski definition) is 2. The highest BCUT2D eigenvalue weighted by atomic mass is 32.1. The summed E-state index contributed by atoms with van der Waals surface area (Å²) in [5, 5.41) is 9.65. The van der Waals surface area contributed by atoms with Crippen molar-refractivity contribution in [3.63, 3.8) is 0 Å². The zero-order valence-electron chi connectivity index (χ0n) is 17.2. The zero-order valence-corrected chi connectivity index (χ0v) is 18.0. The molecule has 2 amide bonds. The van der Waals surface area contributed by atoms with Crippen LogP contribution in [0.15, 0.2) is 11.6 Å². The van der Waals surface area contributed by atoms with Crippen LogP contribution in [0.1, 0.15) is 81.7 Å². The molecule has 6 heteroatoms. The van der Waals surface area contributed by atoms with Gasteiger partial charge in [-0.15, -0.1) is 11.3 Å². The fourth-order valence-corrected chi connectivity index (χ4v) is 6.49. The van der Waals surface area contributed by atoms with E-state index < -0.39 is 0 Å². The molecule has 158 valence electrons. The number of nitrogens with zero attached hydrogens (tertiary/aromatic N) is 1. The lowest BCUT2D eigenvalue weighted by Gasteiger charge is -2.35. The average Bonchev–Trinajstić information content (AvgIpc) is 3.22. The first-order chi connectivity index (χ1) is 14.1. The summed E-state index contributed by atoms with van der Waals surface area (Å²) in [7, 11) is 0. The summed E-state index contributed by atoms with van der Waals surface area (Å²) >= 11 is 1.65. The van der Waals surface area contributed by atoms with Crippen LogP contribution in [0, 0.1) is 29.1 Å². The summed E-state index contributed by atoms with van der Waals surface area (Å²) in [6, 6.07) is 0.0589. The topological polar surface area (TPSA) is 71.1 Å². The van der Waals surface area contributed by atoms with E-state index >= 15 is 0 Å². The normalized spacial score (nSPS) is 31.4. The maximum Gasteiger partial charge on any atom is 0.223 e. The number of hydrogen-bond acceptors (Lipinski definition) is 4. The van der Waals surface area contributed by atoms with Crippen LogP contribution in [0.2, 0.25) is 0 Å². The van der Waals surface area contributed by atoms with Crippen LogP contribution >= 0.6 is 11.3 Å². The van der Waals surface area contributed by atoms with Gasteiger partial charge in [-0.3, -0.25) is 9.59 Å². The zero-order chi connectivity index (χ0) is 19.8. The van der Waals surface area contributed by atoms with E-state index in [1.54, 1.807) is 11.3 Å². The first-order valence-corrected chi connectivity index (χ1v) is 12.5. The Kier molecular flexibility index (Phi) is 5.39. The number of thiazole rings is 1. The van der Waals surface area contributed by atoms with Gasteiger partial charge in [-0.05, 0) is 75.0 Å². The molecule has 4 aliphatic carbocycles. The Morgan fingerprint density at radius 2 is 1.90 bits per heavy atom. The van der Waals surface area contributed by atoms with E-state index in [0.29, 0.717) is 29.1 Å². The second-order valence-corrected chi connectivity index (χ2v) is 10.9. The largest absolute Gasteiger partial charge is 0.356 e. The number of carbonyl (C=O) groups excluding carboxylic acids is 2. The highest BCUT2D eigenvalue weighted by Gasteiger charge is 2.60. The Labute approximate surface area is 177 Å². The minimum atomic E-state index is 0.0589. The molecule has 29 heavy (non-hydrogen) atoms. The predicted molar refractivity (Wildman–Crippen MR) is 113 cm³/mol. The Morgan fingerprint density at radius 1 is 1.10 bits per heavy atom. The third-order valence-electron chi connectivity index (χ3n) is 8.27. The summed E-state index contributed by atoms with van der Waals surface area (Å²) in [6.45, 7) is 0.828. The highest BCUT2D eigenvalue weighted by Crippen LogP contribution is 2.65. The lowest BCUT2D eigenvalue weighted by molar-refractivity contribution is -0.129. The maximum absolute atomic E-state index is 12.6. The van der Waals surface area contributed by atoms with Crippen LogP contribution in [-0.4, -0.2) is 23.3 Å². The molecule has 4 aliphatic rings. The van der Waals surface area contributed by atoms with Crippen LogP contribution < -0.4 is 10.6 Å². The average molecular weight is 416 g/mol. The molecular formula is C23H33N3O2S. The molecule has 0 aromatic carbocycles. The molecular weight excluding hydrogens is 382 g/mol. The molecule has 0 radical (unpaired) electrons. The van der Waals surface area contributed by atoms with Crippen molar-refractivity contribution >= 4 is 23.2 Å². The monoisotopic (exact) mass is 415 g/mol. The summed E-state index contributed by atoms with van der Waals surface area (Å²) in [4.78, 5) is 29.6. The second kappa shape index (κ2) is 8.01. The molecule has 5 nitrogen and oxygen atoms in total. The van der Waals surface area contributed by atoms with Crippen molar-refractivity contribution < 1.29 is 9.59 Å². The number of nitrogens with one attached hydrogen (secondary N) is 2. The fraction of sp³-hybridized carbons (Fsp3) is 0.783. The molecule has 0 saturated heterocycles. The van der Waals surface area contributed by atoms with E-state index in [2.05, 4.69) is 15.6 Å². The molecule has 2 atom stereocenters. The van der Waals surface area contributed by atoms with E-state index in [1.807, 2.05) is 11.6 Å². The molecule has 1 aromatic rings. The number of carbonyl (C=O) groups is 2. The van der Waals surface area contributed by atoms with Crippen molar-refractivity contribution in [3.05, 3.63) is 16.6 Å². The van der Waals surface area contributed by atoms with Gasteiger partial charge in [0.15, 0.2) is 0 Å². The molecule has 0 aliphatic heterocycles. The predicted octanol–water partition coefficient (Wildman–Crippen LogP) is 4.21. The molecule has 1 aromatic heterocycles. The van der Waals surface area contributed by atoms with E-state index in [4.69, 9.17) is 0 Å². The van der Waals surface area contributed by atoms with Crippen molar-refractivity contribution in [3.8, 4) is 0 Å². The van der Waals surface area contributed by atoms with Gasteiger partial charge in [-0.25, -0.2) is 4.98 Å². The molecule has 4 saturated carbocycles. The van der Waals surface area contributed by atoms with Gasteiger partial charge in [0.1, 0.15) is 5.01 Å². The molecule has 1 heterocycles. The number of amides is 2. The first-order valence-electron chi connectivity index (χ1n) is 11.6. The Morgan fingerprint density at radius 3 is 2.45 bits per heavy atom. The minimum Gasteiger partial charge on any atom is -0.356 e. The Balaban J connectivity index is 1.11. The van der Waals surface area contributed by atoms with Crippen molar-refractivity contribution in [1.29, 1.82) is 0 Å². The number of aromatic nitrogens is 1. The third-order valence-corrected chi connectivity index (χ3v) is 9.13. The summed E-state index contributed by atoms with van der Waals surface area (Å²) in [5.41, 5.74) is 0.418. The quantitative estimate of drug-likeness (QED) is 0.701. The second-order valence-electron chi connectivity index (χ2n) is 9.98. The molecule has 0 unspecified atom stereocenters. The summed E-state index contributed by atoms with van der Waals surface area (Å²) in [6.07, 6.45) is 14.5. The van der Waals surface area contributed by atoms with Gasteiger partial charge in [0.2, 0.25) is 11.8 Å². The molecule has 2 N–H and O–H groups in total. The first kappa shape index (κ1) is 19.5. The Bertz CT molecular complexity index is 733. The van der Waals surface area contributed by atoms with Crippen molar-refractivity contribution in [2.75, 3.05) is 6.54 Å². The lowest BCUT2D eigenvalue weighted by Crippen LogP contribution is -2.41. The van der Waals surface area contributed by atoms with E-state index in [1.165, 1.54) is 25.7 Å². The van der Waals surface area contributed by atoms with Crippen LogP contribution in [0.5, 0.6) is 0 Å². The van der Waals surface area contributed by atoms with Gasteiger partial charge in [0, 0.05) is 30.0 Å². The fourth-order valence-electron chi connectivity index (χ4n) is 5.71. The smallest absolute Gasteiger partial charge is 0.223 e. The molecule has 1 spiro atoms. The summed E-state index contributed by atoms with van der Waals surface area (Å²) in [5.74, 6) is 2.08. The van der Waals surface area contributed by atoms with Gasteiger partial charge in [-0.2, -0.15) is 0 Å². The highest BCUT2D eigenvalue weighted by molar-refractivity contribution is 7.09. The Hall–Kier alpha value is -1.43. The van der Waals surface area contributed by atoms with Gasteiger partial charge in [0.25, 0.3) is 0 Å². The van der Waals surface area contributed by atoms with Crippen LogP contribution in [-0.2, 0) is 9.59 Å². The van der Waals surface area contributed by atoms with Crippen molar-refractivity contribution in [1.82, 2.24) is 15.6 Å². The molecule has 0 bridgehead atoms. The summed E-state index contributed by atoms with van der Waals surface area (Å²) < 4.78 is 0. The van der Waals surface area contributed by atoms with Crippen LogP contribution in [0.25, 0.3) is 0 Å². The lowest BCUT2D eigenvalue weighted by atomic mass is 9.77. The van der Waals surface area contributed by atoms with E-state index in [-0.39, 0.29) is 17.9 Å². The van der Waals surface area contributed by atoms with E-state index in [9.17, 15) is 9.59 Å². The van der Waals surface area contributed by atoms with Gasteiger partial charge < -0.3 is 10.6 Å². The van der Waals surface area contributed by atoms with Crippen molar-refractivity contribution in [2.45, 2.75) is 76.7 Å². The van der Waals surface area contributed by atoms with Crippen molar-refractivity contribution in [2.24, 2.45) is 29.1 Å². The number of rotatable bonds is 7. The minimum absolute atomic E-state index is 0.0589. The van der Waals surface area contributed by atoms with E-state index in [0.717, 1.165) is 56.5 Å². The van der Waals surface area contributed by atoms with Crippen LogP contribution in [0.4, 0.5) is 0 Å². The van der Waals surface area contributed by atoms with Crippen LogP contribution in [0.3, 0.4) is 0 Å².